The standard InChI is InChI=1S/C19H22Cl2N2O/c1-9-13-4-10(19(13,2)3)5-15(9)23-18(24)17-8-12-14(21)6-11(20)7-16(12)22-17/h6-10,13,15,22H,4-5H2,1-3H3,(H,23,24)/t9-,10+,13-,15+/m1/s1. The lowest BCUT2D eigenvalue weighted by Gasteiger charge is -2.62. The third-order valence-electron chi connectivity index (χ3n) is 6.57. The van der Waals surface area contributed by atoms with Gasteiger partial charge in [0.1, 0.15) is 5.69 Å². The maximum atomic E-state index is 12.7. The zero-order valence-electron chi connectivity index (χ0n) is 14.1. The quantitative estimate of drug-likeness (QED) is 0.748. The first-order chi connectivity index (χ1) is 11.3. The normalized spacial score (nSPS) is 30.9. The molecule has 0 spiro atoms. The number of carbonyl (C=O) groups excluding carboxylic acids is 1. The molecule has 128 valence electrons. The number of nitrogens with one attached hydrogen (secondary N) is 2. The molecule has 3 aliphatic rings. The molecule has 0 radical (unpaired) electrons. The Morgan fingerprint density at radius 1 is 1.25 bits per heavy atom. The van der Waals surface area contributed by atoms with Crippen molar-refractivity contribution in [2.45, 2.75) is 39.7 Å². The van der Waals surface area contributed by atoms with E-state index in [1.807, 2.05) is 6.07 Å². The highest BCUT2D eigenvalue weighted by Gasteiger charge is 2.56. The second kappa shape index (κ2) is 5.40. The van der Waals surface area contributed by atoms with Crippen LogP contribution in [0, 0.1) is 23.2 Å². The summed E-state index contributed by atoms with van der Waals surface area (Å²) < 4.78 is 0. The fraction of sp³-hybridized carbons (Fsp3) is 0.526. The van der Waals surface area contributed by atoms with Crippen molar-refractivity contribution in [3.8, 4) is 0 Å². The molecule has 4 atom stereocenters. The lowest BCUT2D eigenvalue weighted by molar-refractivity contribution is -0.113. The number of carbonyl (C=O) groups is 1. The molecule has 3 nitrogen and oxygen atoms in total. The van der Waals surface area contributed by atoms with Crippen LogP contribution in [0.1, 0.15) is 44.1 Å². The van der Waals surface area contributed by atoms with Crippen LogP contribution in [0.2, 0.25) is 10.0 Å². The Hall–Kier alpha value is -1.19. The van der Waals surface area contributed by atoms with Gasteiger partial charge in [-0.1, -0.05) is 44.0 Å². The first-order valence-corrected chi connectivity index (χ1v) is 9.31. The highest BCUT2D eigenvalue weighted by atomic mass is 35.5. The second-order valence-corrected chi connectivity index (χ2v) is 8.91. The van der Waals surface area contributed by atoms with Gasteiger partial charge in [-0.2, -0.15) is 0 Å². The number of amides is 1. The Balaban J connectivity index is 1.54. The Labute approximate surface area is 152 Å². The maximum Gasteiger partial charge on any atom is 0.267 e. The average Bonchev–Trinajstić information content (AvgIpc) is 2.93. The Morgan fingerprint density at radius 2 is 2.00 bits per heavy atom. The Kier molecular flexibility index (Phi) is 3.67. The summed E-state index contributed by atoms with van der Waals surface area (Å²) in [7, 11) is 0. The largest absolute Gasteiger partial charge is 0.350 e. The van der Waals surface area contributed by atoms with Crippen molar-refractivity contribution in [1.29, 1.82) is 0 Å². The molecule has 1 amide bonds. The van der Waals surface area contributed by atoms with Gasteiger partial charge in [-0.25, -0.2) is 0 Å². The van der Waals surface area contributed by atoms with Gasteiger partial charge in [0.15, 0.2) is 0 Å². The predicted octanol–water partition coefficient (Wildman–Crippen LogP) is 5.28. The smallest absolute Gasteiger partial charge is 0.267 e. The van der Waals surface area contributed by atoms with Gasteiger partial charge in [0.05, 0.1) is 5.02 Å². The van der Waals surface area contributed by atoms with E-state index in [1.54, 1.807) is 12.1 Å². The van der Waals surface area contributed by atoms with Crippen LogP contribution in [-0.4, -0.2) is 16.9 Å². The highest BCUT2D eigenvalue weighted by Crippen LogP contribution is 2.61. The second-order valence-electron chi connectivity index (χ2n) is 8.07. The molecular formula is C19H22Cl2N2O. The van der Waals surface area contributed by atoms with Gasteiger partial charge in [0, 0.05) is 22.0 Å². The third-order valence-corrected chi connectivity index (χ3v) is 7.10. The molecule has 0 aliphatic heterocycles. The first-order valence-electron chi connectivity index (χ1n) is 8.56. The van der Waals surface area contributed by atoms with Crippen molar-refractivity contribution in [3.63, 3.8) is 0 Å². The molecule has 1 heterocycles. The number of fused-ring (bicyclic) bond motifs is 3. The summed E-state index contributed by atoms with van der Waals surface area (Å²) in [5, 5.41) is 5.18. The fourth-order valence-corrected chi connectivity index (χ4v) is 5.42. The number of hydrogen-bond acceptors (Lipinski definition) is 1. The molecule has 5 heteroatoms. The number of rotatable bonds is 2. The number of aromatic amines is 1. The number of hydrogen-bond donors (Lipinski definition) is 2. The summed E-state index contributed by atoms with van der Waals surface area (Å²) in [5.41, 5.74) is 1.75. The minimum Gasteiger partial charge on any atom is -0.350 e. The summed E-state index contributed by atoms with van der Waals surface area (Å²) in [6.45, 7) is 7.00. The van der Waals surface area contributed by atoms with E-state index in [0.717, 1.165) is 23.2 Å². The molecule has 24 heavy (non-hydrogen) atoms. The van der Waals surface area contributed by atoms with Gasteiger partial charge in [-0.3, -0.25) is 4.79 Å². The maximum absolute atomic E-state index is 12.7. The Morgan fingerprint density at radius 3 is 2.67 bits per heavy atom. The lowest BCUT2D eigenvalue weighted by atomic mass is 9.45. The van der Waals surface area contributed by atoms with Gasteiger partial charge in [-0.05, 0) is 54.2 Å². The zero-order chi connectivity index (χ0) is 17.2. The third kappa shape index (κ3) is 2.36. The summed E-state index contributed by atoms with van der Waals surface area (Å²) >= 11 is 12.2. The van der Waals surface area contributed by atoms with Gasteiger partial charge in [-0.15, -0.1) is 0 Å². The minimum atomic E-state index is -0.0608. The minimum absolute atomic E-state index is 0.0608. The molecule has 2 aromatic rings. The van der Waals surface area contributed by atoms with Crippen molar-refractivity contribution in [2.24, 2.45) is 23.2 Å². The summed E-state index contributed by atoms with van der Waals surface area (Å²) in [6.07, 6.45) is 2.38. The van der Waals surface area contributed by atoms with Crippen LogP contribution < -0.4 is 5.32 Å². The number of H-pyrrole nitrogens is 1. The van der Waals surface area contributed by atoms with E-state index in [9.17, 15) is 4.79 Å². The molecule has 2 N–H and O–H groups in total. The van der Waals surface area contributed by atoms with Crippen molar-refractivity contribution in [3.05, 3.63) is 33.9 Å². The van der Waals surface area contributed by atoms with Crippen molar-refractivity contribution >= 4 is 40.0 Å². The molecule has 0 saturated heterocycles. The van der Waals surface area contributed by atoms with E-state index in [-0.39, 0.29) is 11.9 Å². The van der Waals surface area contributed by atoms with E-state index in [1.165, 1.54) is 6.42 Å². The highest BCUT2D eigenvalue weighted by molar-refractivity contribution is 6.38. The van der Waals surface area contributed by atoms with Crippen LogP contribution in [-0.2, 0) is 0 Å². The molecule has 3 fully saturated rings. The molecule has 0 unspecified atom stereocenters. The number of benzene rings is 1. The summed E-state index contributed by atoms with van der Waals surface area (Å²) in [4.78, 5) is 15.8. The fourth-order valence-electron chi connectivity index (χ4n) is 4.87. The molecule has 1 aromatic heterocycles. The zero-order valence-corrected chi connectivity index (χ0v) is 15.6. The van der Waals surface area contributed by atoms with Gasteiger partial charge >= 0.3 is 0 Å². The monoisotopic (exact) mass is 364 g/mol. The summed E-state index contributed by atoms with van der Waals surface area (Å²) in [6, 6.07) is 5.54. The lowest BCUT2D eigenvalue weighted by Crippen LogP contribution is -2.60. The molecule has 1 aromatic carbocycles. The number of halogens is 2. The van der Waals surface area contributed by atoms with E-state index < -0.39 is 0 Å². The molecule has 5 rings (SSSR count). The van der Waals surface area contributed by atoms with Crippen LogP contribution >= 0.6 is 23.2 Å². The van der Waals surface area contributed by atoms with E-state index in [0.29, 0.717) is 33.0 Å². The van der Waals surface area contributed by atoms with Gasteiger partial charge in [0.2, 0.25) is 0 Å². The van der Waals surface area contributed by atoms with Crippen molar-refractivity contribution in [1.82, 2.24) is 10.3 Å². The van der Waals surface area contributed by atoms with Crippen LogP contribution in [0.5, 0.6) is 0 Å². The summed E-state index contributed by atoms with van der Waals surface area (Å²) in [5.74, 6) is 1.88. The Bertz CT molecular complexity index is 826. The van der Waals surface area contributed by atoms with Crippen molar-refractivity contribution in [2.75, 3.05) is 0 Å². The van der Waals surface area contributed by atoms with Crippen LogP contribution in [0.3, 0.4) is 0 Å². The molecular weight excluding hydrogens is 343 g/mol. The number of aromatic nitrogens is 1. The SMILES string of the molecule is C[C@H]1[C@@H](NC(=O)c2cc3c(Cl)cc(Cl)cc3[nH]2)C[C@@H]2C[C@H]1C2(C)C. The van der Waals surface area contributed by atoms with Crippen LogP contribution in [0.25, 0.3) is 10.9 Å². The van der Waals surface area contributed by atoms with E-state index in [4.69, 9.17) is 23.2 Å². The molecule has 2 bridgehead atoms. The van der Waals surface area contributed by atoms with Crippen molar-refractivity contribution < 1.29 is 4.79 Å². The molecule has 3 saturated carbocycles. The van der Waals surface area contributed by atoms with E-state index in [2.05, 4.69) is 31.1 Å². The predicted molar refractivity (Wildman–Crippen MR) is 98.7 cm³/mol. The van der Waals surface area contributed by atoms with Crippen LogP contribution in [0.4, 0.5) is 0 Å². The van der Waals surface area contributed by atoms with Gasteiger partial charge in [0.25, 0.3) is 5.91 Å². The van der Waals surface area contributed by atoms with E-state index >= 15 is 0 Å². The first kappa shape index (κ1) is 16.3. The van der Waals surface area contributed by atoms with Gasteiger partial charge < -0.3 is 10.3 Å². The topological polar surface area (TPSA) is 44.9 Å². The molecule has 3 aliphatic carbocycles. The van der Waals surface area contributed by atoms with Crippen LogP contribution in [0.15, 0.2) is 18.2 Å². The average molecular weight is 365 g/mol.